The lowest BCUT2D eigenvalue weighted by molar-refractivity contribution is -0.386. The summed E-state index contributed by atoms with van der Waals surface area (Å²) in [6.07, 6.45) is 3.09. The second kappa shape index (κ2) is 6.62. The summed E-state index contributed by atoms with van der Waals surface area (Å²) in [5.41, 5.74) is 0.484. The summed E-state index contributed by atoms with van der Waals surface area (Å²) in [4.78, 5) is 10.3. The molecular formula is C11H13NO5. The molecule has 0 saturated carbocycles. The molecule has 0 aliphatic heterocycles. The van der Waals surface area contributed by atoms with E-state index >= 15 is 0 Å². The number of methoxy groups -OCH3 is 1. The molecule has 0 saturated heterocycles. The van der Waals surface area contributed by atoms with E-state index in [-0.39, 0.29) is 24.8 Å². The van der Waals surface area contributed by atoms with Crippen molar-refractivity contribution in [2.24, 2.45) is 0 Å². The third kappa shape index (κ3) is 3.86. The van der Waals surface area contributed by atoms with Gasteiger partial charge in [0.15, 0.2) is 12.5 Å². The van der Waals surface area contributed by atoms with Gasteiger partial charge in [-0.15, -0.1) is 0 Å². The lowest BCUT2D eigenvalue weighted by Crippen LogP contribution is -2.02. The first kappa shape index (κ1) is 13.1. The number of nitro benzene ring substituents is 1. The Bertz CT molecular complexity index is 416. The van der Waals surface area contributed by atoms with Crippen molar-refractivity contribution in [2.75, 3.05) is 20.5 Å². The first-order valence-electron chi connectivity index (χ1n) is 4.86. The summed E-state index contributed by atoms with van der Waals surface area (Å²) in [6, 6.07) is 4.52. The van der Waals surface area contributed by atoms with E-state index in [1.807, 2.05) is 0 Å². The fourth-order valence-electron chi connectivity index (χ4n) is 1.21. The highest BCUT2D eigenvalue weighted by molar-refractivity contribution is 5.58. The molecule has 0 radical (unpaired) electrons. The van der Waals surface area contributed by atoms with E-state index < -0.39 is 4.92 Å². The molecule has 1 aromatic carbocycles. The van der Waals surface area contributed by atoms with Gasteiger partial charge in [0.1, 0.15) is 0 Å². The summed E-state index contributed by atoms with van der Waals surface area (Å²) >= 11 is 0. The predicted octanol–water partition coefficient (Wildman–Crippen LogP) is 1.58. The largest absolute Gasteiger partial charge is 0.460 e. The second-order valence-electron chi connectivity index (χ2n) is 3.12. The molecule has 17 heavy (non-hydrogen) atoms. The number of ether oxygens (including phenoxy) is 2. The van der Waals surface area contributed by atoms with Crippen molar-refractivity contribution in [3.63, 3.8) is 0 Å². The molecule has 1 rings (SSSR count). The first-order chi connectivity index (χ1) is 8.19. The molecule has 6 nitrogen and oxygen atoms in total. The average molecular weight is 239 g/mol. The summed E-state index contributed by atoms with van der Waals surface area (Å²) in [5, 5.41) is 19.4. The average Bonchev–Trinajstić information content (AvgIpc) is 2.34. The zero-order valence-corrected chi connectivity index (χ0v) is 9.33. The molecule has 1 N–H and O–H groups in total. The maximum atomic E-state index is 10.8. The van der Waals surface area contributed by atoms with Crippen molar-refractivity contribution in [1.29, 1.82) is 0 Å². The number of aliphatic hydroxyl groups excluding tert-OH is 1. The van der Waals surface area contributed by atoms with Crippen molar-refractivity contribution in [2.45, 2.75) is 0 Å². The van der Waals surface area contributed by atoms with Crippen LogP contribution in [0.1, 0.15) is 5.56 Å². The van der Waals surface area contributed by atoms with E-state index in [1.54, 1.807) is 12.1 Å². The topological polar surface area (TPSA) is 81.8 Å². The lowest BCUT2D eigenvalue weighted by atomic mass is 10.2. The van der Waals surface area contributed by atoms with Gasteiger partial charge < -0.3 is 14.6 Å². The third-order valence-electron chi connectivity index (χ3n) is 1.93. The molecule has 0 aliphatic carbocycles. The molecule has 0 aliphatic rings. The van der Waals surface area contributed by atoms with Crippen LogP contribution in [0.5, 0.6) is 5.75 Å². The highest BCUT2D eigenvalue weighted by Crippen LogP contribution is 2.28. The number of rotatable bonds is 6. The van der Waals surface area contributed by atoms with Crippen molar-refractivity contribution in [1.82, 2.24) is 0 Å². The van der Waals surface area contributed by atoms with Gasteiger partial charge >= 0.3 is 5.69 Å². The van der Waals surface area contributed by atoms with Crippen LogP contribution in [0.4, 0.5) is 5.69 Å². The Kier molecular flexibility index (Phi) is 5.12. The minimum atomic E-state index is -0.527. The van der Waals surface area contributed by atoms with Gasteiger partial charge in [0.2, 0.25) is 0 Å². The van der Waals surface area contributed by atoms with E-state index in [9.17, 15) is 10.1 Å². The smallest absolute Gasteiger partial charge is 0.311 e. The van der Waals surface area contributed by atoms with Gasteiger partial charge in [0.05, 0.1) is 11.5 Å². The Balaban J connectivity index is 2.99. The quantitative estimate of drug-likeness (QED) is 0.463. The van der Waals surface area contributed by atoms with Gasteiger partial charge in [0.25, 0.3) is 0 Å². The molecular weight excluding hydrogens is 226 g/mol. The second-order valence-corrected chi connectivity index (χ2v) is 3.12. The zero-order chi connectivity index (χ0) is 12.7. The molecule has 0 spiro atoms. The summed E-state index contributed by atoms with van der Waals surface area (Å²) in [7, 11) is 1.43. The number of benzene rings is 1. The number of aliphatic hydroxyl groups is 1. The van der Waals surface area contributed by atoms with E-state index in [2.05, 4.69) is 4.74 Å². The molecule has 0 fully saturated rings. The van der Waals surface area contributed by atoms with Crippen LogP contribution in [-0.2, 0) is 4.74 Å². The molecule has 0 atom stereocenters. The number of nitrogens with zero attached hydrogens (tertiary/aromatic N) is 1. The van der Waals surface area contributed by atoms with Crippen LogP contribution in [0, 0.1) is 10.1 Å². The van der Waals surface area contributed by atoms with Crippen molar-refractivity contribution >= 4 is 11.8 Å². The lowest BCUT2D eigenvalue weighted by Gasteiger charge is -2.05. The number of hydrogen-bond acceptors (Lipinski definition) is 5. The Labute approximate surface area is 98.2 Å². The summed E-state index contributed by atoms with van der Waals surface area (Å²) in [5.74, 6) is 0.151. The predicted molar refractivity (Wildman–Crippen MR) is 61.7 cm³/mol. The van der Waals surface area contributed by atoms with Crippen LogP contribution in [-0.4, -0.2) is 30.5 Å². The maximum Gasteiger partial charge on any atom is 0.311 e. The third-order valence-corrected chi connectivity index (χ3v) is 1.93. The van der Waals surface area contributed by atoms with Crippen LogP contribution in [0.2, 0.25) is 0 Å². The van der Waals surface area contributed by atoms with Crippen LogP contribution in [0.15, 0.2) is 24.3 Å². The summed E-state index contributed by atoms with van der Waals surface area (Å²) in [6.45, 7) is -0.164. The monoisotopic (exact) mass is 239 g/mol. The minimum absolute atomic E-state index is 0.0489. The fraction of sp³-hybridized carbons (Fsp3) is 0.273. The Hall–Kier alpha value is -1.92. The van der Waals surface area contributed by atoms with E-state index in [1.165, 1.54) is 25.3 Å². The molecule has 92 valence electrons. The number of nitro groups is 1. The van der Waals surface area contributed by atoms with Gasteiger partial charge in [-0.2, -0.15) is 0 Å². The van der Waals surface area contributed by atoms with E-state index in [4.69, 9.17) is 9.84 Å². The fourth-order valence-corrected chi connectivity index (χ4v) is 1.21. The maximum absolute atomic E-state index is 10.8. The van der Waals surface area contributed by atoms with Crippen molar-refractivity contribution < 1.29 is 19.5 Å². The normalized spacial score (nSPS) is 10.7. The molecule has 6 heteroatoms. The van der Waals surface area contributed by atoms with Gasteiger partial charge in [-0.1, -0.05) is 18.2 Å². The van der Waals surface area contributed by atoms with E-state index in [0.717, 1.165) is 0 Å². The van der Waals surface area contributed by atoms with Crippen molar-refractivity contribution in [3.8, 4) is 5.75 Å². The van der Waals surface area contributed by atoms with Gasteiger partial charge in [-0.3, -0.25) is 10.1 Å². The van der Waals surface area contributed by atoms with Crippen molar-refractivity contribution in [3.05, 3.63) is 40.0 Å². The molecule has 0 aromatic heterocycles. The highest BCUT2D eigenvalue weighted by Gasteiger charge is 2.15. The number of hydrogen-bond donors (Lipinski definition) is 1. The van der Waals surface area contributed by atoms with Crippen LogP contribution in [0.3, 0.4) is 0 Å². The first-order valence-corrected chi connectivity index (χ1v) is 4.86. The van der Waals surface area contributed by atoms with E-state index in [0.29, 0.717) is 5.56 Å². The minimum Gasteiger partial charge on any atom is -0.460 e. The molecule has 1 aromatic rings. The molecule has 0 heterocycles. The van der Waals surface area contributed by atoms with Crippen LogP contribution in [0.25, 0.3) is 6.08 Å². The Morgan fingerprint density at radius 3 is 2.88 bits per heavy atom. The van der Waals surface area contributed by atoms with Gasteiger partial charge in [0, 0.05) is 13.2 Å². The highest BCUT2D eigenvalue weighted by atomic mass is 16.7. The molecule has 0 unspecified atom stereocenters. The van der Waals surface area contributed by atoms with Gasteiger partial charge in [-0.05, 0) is 11.6 Å². The van der Waals surface area contributed by atoms with Crippen LogP contribution < -0.4 is 4.74 Å². The SMILES string of the molecule is COCOc1ccc(/C=C/CO)cc1[N+](=O)[O-]. The Morgan fingerprint density at radius 2 is 2.29 bits per heavy atom. The summed E-state index contributed by atoms with van der Waals surface area (Å²) < 4.78 is 9.75. The molecule has 0 bridgehead atoms. The Morgan fingerprint density at radius 1 is 1.53 bits per heavy atom. The van der Waals surface area contributed by atoms with Crippen LogP contribution >= 0.6 is 0 Å². The zero-order valence-electron chi connectivity index (χ0n) is 9.33. The molecule has 0 amide bonds. The standard InChI is InChI=1S/C11H13NO5/c1-16-8-17-11-5-4-9(3-2-6-13)7-10(11)12(14)15/h2-5,7,13H,6,8H2,1H3/b3-2+. The van der Waals surface area contributed by atoms with Gasteiger partial charge in [-0.25, -0.2) is 0 Å².